The average molecular weight is 342 g/mol. The third kappa shape index (κ3) is 2.15. The second kappa shape index (κ2) is 5.82. The fraction of sp³-hybridized carbons (Fsp3) is 0.350. The number of hydrogen-bond donors (Lipinski definition) is 0. The van der Waals surface area contributed by atoms with Gasteiger partial charge in [-0.25, -0.2) is 4.79 Å². The first-order chi connectivity index (χ1) is 11.7. The van der Waals surface area contributed by atoms with E-state index in [-0.39, 0.29) is 6.09 Å². The van der Waals surface area contributed by atoms with E-state index in [4.69, 9.17) is 16.3 Å². The number of nitrogens with zero attached hydrogens (tertiary/aromatic N) is 1. The molecule has 2 aliphatic rings. The van der Waals surface area contributed by atoms with Crippen LogP contribution in [0.15, 0.2) is 42.5 Å². The van der Waals surface area contributed by atoms with Crippen molar-refractivity contribution in [3.8, 4) is 0 Å². The summed E-state index contributed by atoms with van der Waals surface area (Å²) in [5.41, 5.74) is 4.48. The minimum Gasteiger partial charge on any atom is -0.453 e. The van der Waals surface area contributed by atoms with Crippen LogP contribution in [0.2, 0.25) is 5.02 Å². The highest BCUT2D eigenvalue weighted by Crippen LogP contribution is 2.49. The van der Waals surface area contributed by atoms with Crippen LogP contribution in [-0.2, 0) is 23.1 Å². The lowest BCUT2D eigenvalue weighted by molar-refractivity contribution is 0.0984. The number of benzene rings is 2. The Morgan fingerprint density at radius 2 is 1.88 bits per heavy atom. The van der Waals surface area contributed by atoms with Crippen LogP contribution in [0.4, 0.5) is 4.79 Å². The maximum Gasteiger partial charge on any atom is 0.410 e. The second-order valence-corrected chi connectivity index (χ2v) is 6.98. The molecule has 1 unspecified atom stereocenters. The summed E-state index contributed by atoms with van der Waals surface area (Å²) in [6.45, 7) is 0.701. The Morgan fingerprint density at radius 3 is 2.67 bits per heavy atom. The fourth-order valence-electron chi connectivity index (χ4n) is 4.44. The number of methoxy groups -OCH3 is 1. The molecule has 1 heterocycles. The summed E-state index contributed by atoms with van der Waals surface area (Å²) in [4.78, 5) is 14.5. The minimum atomic E-state index is -0.472. The van der Waals surface area contributed by atoms with E-state index in [1.807, 2.05) is 17.0 Å². The van der Waals surface area contributed by atoms with E-state index in [1.54, 1.807) is 0 Å². The first-order valence-electron chi connectivity index (χ1n) is 8.39. The van der Waals surface area contributed by atoms with Gasteiger partial charge in [-0.2, -0.15) is 0 Å². The zero-order valence-electron chi connectivity index (χ0n) is 13.7. The van der Waals surface area contributed by atoms with Gasteiger partial charge in [-0.1, -0.05) is 41.9 Å². The standard InChI is InChI=1S/C20H20ClNO2/c1-24-19(23)22-12-4-11-20(22)17-6-3-2-5-14(17)7-8-15-9-10-16(21)13-18(15)20/h2-3,5-6,9-10,13H,4,7-8,11-12H2,1H3. The molecule has 1 aliphatic carbocycles. The Morgan fingerprint density at radius 1 is 1.12 bits per heavy atom. The molecule has 0 bridgehead atoms. The molecule has 2 aromatic rings. The Bertz CT molecular complexity index is 804. The van der Waals surface area contributed by atoms with Crippen molar-refractivity contribution in [3.63, 3.8) is 0 Å². The molecule has 1 saturated heterocycles. The smallest absolute Gasteiger partial charge is 0.410 e. The molecule has 24 heavy (non-hydrogen) atoms. The van der Waals surface area contributed by atoms with Crippen molar-refractivity contribution in [2.75, 3.05) is 13.7 Å². The highest BCUT2D eigenvalue weighted by molar-refractivity contribution is 6.30. The lowest BCUT2D eigenvalue weighted by Gasteiger charge is -2.40. The van der Waals surface area contributed by atoms with E-state index >= 15 is 0 Å². The Kier molecular flexibility index (Phi) is 3.76. The van der Waals surface area contributed by atoms with Gasteiger partial charge in [0.1, 0.15) is 0 Å². The van der Waals surface area contributed by atoms with Crippen molar-refractivity contribution in [2.24, 2.45) is 0 Å². The molecule has 1 fully saturated rings. The average Bonchev–Trinajstić information content (AvgIpc) is 3.00. The molecule has 0 N–H and O–H groups in total. The zero-order chi connectivity index (χ0) is 16.7. The molecule has 4 heteroatoms. The van der Waals surface area contributed by atoms with E-state index in [0.29, 0.717) is 11.6 Å². The number of halogens is 1. The first kappa shape index (κ1) is 15.5. The number of carbonyl (C=O) groups is 1. The summed E-state index contributed by atoms with van der Waals surface area (Å²) in [5, 5.41) is 0.712. The third-order valence-corrected chi connectivity index (χ3v) is 5.66. The normalized spacial score (nSPS) is 22.0. The Hall–Kier alpha value is -2.00. The van der Waals surface area contributed by atoms with Crippen LogP contribution in [0.1, 0.15) is 35.1 Å². The molecule has 0 aromatic heterocycles. The van der Waals surface area contributed by atoms with Crippen LogP contribution >= 0.6 is 11.6 Å². The fourth-order valence-corrected chi connectivity index (χ4v) is 4.62. The molecule has 124 valence electrons. The van der Waals surface area contributed by atoms with Crippen molar-refractivity contribution >= 4 is 17.7 Å². The predicted octanol–water partition coefficient (Wildman–Crippen LogP) is 4.54. The molecule has 0 radical (unpaired) electrons. The molecule has 2 aromatic carbocycles. The van der Waals surface area contributed by atoms with Gasteiger partial charge in [-0.3, -0.25) is 4.90 Å². The minimum absolute atomic E-state index is 0.268. The number of carbonyl (C=O) groups excluding carboxylic acids is 1. The maximum absolute atomic E-state index is 12.6. The van der Waals surface area contributed by atoms with Gasteiger partial charge in [0.25, 0.3) is 0 Å². The molecule has 3 nitrogen and oxygen atoms in total. The highest BCUT2D eigenvalue weighted by atomic mass is 35.5. The SMILES string of the molecule is COC(=O)N1CCCC12c1ccccc1CCc1ccc(Cl)cc12. The maximum atomic E-state index is 12.6. The number of aryl methyl sites for hydroxylation is 2. The van der Waals surface area contributed by atoms with Crippen LogP contribution in [-0.4, -0.2) is 24.6 Å². The van der Waals surface area contributed by atoms with Gasteiger partial charge in [-0.15, -0.1) is 0 Å². The van der Waals surface area contributed by atoms with Crippen molar-refractivity contribution < 1.29 is 9.53 Å². The molecule has 1 aliphatic heterocycles. The van der Waals surface area contributed by atoms with Crippen LogP contribution in [0.5, 0.6) is 0 Å². The van der Waals surface area contributed by atoms with E-state index in [2.05, 4.69) is 30.3 Å². The molecular weight excluding hydrogens is 322 g/mol. The summed E-state index contributed by atoms with van der Waals surface area (Å²) in [7, 11) is 1.45. The van der Waals surface area contributed by atoms with E-state index in [1.165, 1.54) is 23.8 Å². The molecule has 0 saturated carbocycles. The topological polar surface area (TPSA) is 29.5 Å². The van der Waals surface area contributed by atoms with Gasteiger partial charge in [0.05, 0.1) is 12.6 Å². The van der Waals surface area contributed by atoms with E-state index in [0.717, 1.165) is 31.2 Å². The van der Waals surface area contributed by atoms with Crippen LogP contribution in [0, 0.1) is 0 Å². The van der Waals surface area contributed by atoms with Crippen LogP contribution in [0.3, 0.4) is 0 Å². The van der Waals surface area contributed by atoms with Crippen molar-refractivity contribution in [1.82, 2.24) is 4.90 Å². The summed E-state index contributed by atoms with van der Waals surface area (Å²) < 4.78 is 5.12. The Balaban J connectivity index is 2.04. The van der Waals surface area contributed by atoms with Crippen LogP contribution in [0.25, 0.3) is 0 Å². The van der Waals surface area contributed by atoms with Crippen molar-refractivity contribution in [3.05, 3.63) is 69.7 Å². The molecule has 1 spiro atoms. The first-order valence-corrected chi connectivity index (χ1v) is 8.77. The summed E-state index contributed by atoms with van der Waals surface area (Å²) in [5.74, 6) is 0. The quantitative estimate of drug-likeness (QED) is 0.703. The van der Waals surface area contributed by atoms with Gasteiger partial charge in [0.2, 0.25) is 0 Å². The second-order valence-electron chi connectivity index (χ2n) is 6.54. The van der Waals surface area contributed by atoms with Crippen molar-refractivity contribution in [2.45, 2.75) is 31.2 Å². The summed E-state index contributed by atoms with van der Waals surface area (Å²) in [6.07, 6.45) is 3.51. The Labute approximate surface area is 147 Å². The van der Waals surface area contributed by atoms with Gasteiger partial charge in [0, 0.05) is 11.6 Å². The predicted molar refractivity (Wildman–Crippen MR) is 94.4 cm³/mol. The lowest BCUT2D eigenvalue weighted by atomic mass is 9.78. The van der Waals surface area contributed by atoms with E-state index in [9.17, 15) is 4.79 Å². The largest absolute Gasteiger partial charge is 0.453 e. The number of fused-ring (bicyclic) bond motifs is 4. The third-order valence-electron chi connectivity index (χ3n) is 5.42. The van der Waals surface area contributed by atoms with Gasteiger partial charge >= 0.3 is 6.09 Å². The molecular formula is C20H20ClNO2. The van der Waals surface area contributed by atoms with Gasteiger partial charge in [-0.05, 0) is 60.1 Å². The number of amides is 1. The molecule has 1 amide bonds. The highest BCUT2D eigenvalue weighted by Gasteiger charge is 2.49. The summed E-state index contributed by atoms with van der Waals surface area (Å²) in [6, 6.07) is 14.6. The number of rotatable bonds is 0. The van der Waals surface area contributed by atoms with E-state index < -0.39 is 5.54 Å². The molecule has 1 atom stereocenters. The summed E-state index contributed by atoms with van der Waals surface area (Å²) >= 11 is 6.35. The van der Waals surface area contributed by atoms with Gasteiger partial charge in [0.15, 0.2) is 0 Å². The molecule has 4 rings (SSSR count). The number of likely N-dealkylation sites (tertiary alicyclic amines) is 1. The monoisotopic (exact) mass is 341 g/mol. The number of ether oxygens (including phenoxy) is 1. The zero-order valence-corrected chi connectivity index (χ0v) is 14.5. The van der Waals surface area contributed by atoms with Crippen LogP contribution < -0.4 is 0 Å². The lowest BCUT2D eigenvalue weighted by Crippen LogP contribution is -2.46. The number of hydrogen-bond acceptors (Lipinski definition) is 2. The van der Waals surface area contributed by atoms with Crippen molar-refractivity contribution in [1.29, 1.82) is 0 Å². The van der Waals surface area contributed by atoms with Gasteiger partial charge < -0.3 is 4.74 Å².